The Morgan fingerprint density at radius 2 is 1.69 bits per heavy atom. The summed E-state index contributed by atoms with van der Waals surface area (Å²) >= 11 is 0. The van der Waals surface area contributed by atoms with Crippen LogP contribution in [0.1, 0.15) is 24.8 Å². The number of alkyl halides is 2. The maximum Gasteiger partial charge on any atom is 0.387 e. The van der Waals surface area contributed by atoms with Gasteiger partial charge >= 0.3 is 12.3 Å². The molecule has 4 heterocycles. The fraction of sp³-hybridized carbons (Fsp3) is 0.276. The third-order valence-corrected chi connectivity index (χ3v) is 7.17. The quantitative estimate of drug-likeness (QED) is 0.249. The lowest BCUT2D eigenvalue weighted by molar-refractivity contribution is -0.0503. The molecule has 2 atom stereocenters. The van der Waals surface area contributed by atoms with E-state index >= 15 is 0 Å². The number of pyridine rings is 2. The first-order chi connectivity index (χ1) is 20.5. The molecule has 5 aromatic rings. The molecule has 0 amide bonds. The molecule has 1 saturated carbocycles. The van der Waals surface area contributed by atoms with Crippen LogP contribution in [0.5, 0.6) is 11.5 Å². The van der Waals surface area contributed by atoms with Crippen molar-refractivity contribution in [2.45, 2.75) is 44.5 Å². The van der Waals surface area contributed by atoms with Crippen LogP contribution in [0.15, 0.2) is 78.1 Å². The fourth-order valence-corrected chi connectivity index (χ4v) is 5.18. The Hall–Kier alpha value is -5.07. The van der Waals surface area contributed by atoms with Gasteiger partial charge in [0.25, 0.3) is 0 Å². The minimum atomic E-state index is -2.92. The van der Waals surface area contributed by atoms with E-state index in [1.54, 1.807) is 28.6 Å². The van der Waals surface area contributed by atoms with Gasteiger partial charge in [0, 0.05) is 18.3 Å². The molecule has 11 nitrogen and oxygen atoms in total. The number of halogens is 2. The van der Waals surface area contributed by atoms with E-state index in [1.165, 1.54) is 12.4 Å². The van der Waals surface area contributed by atoms with E-state index in [4.69, 9.17) is 4.74 Å². The largest absolute Gasteiger partial charge is 0.497 e. The summed E-state index contributed by atoms with van der Waals surface area (Å²) in [4.78, 5) is 30.8. The predicted octanol–water partition coefficient (Wildman–Crippen LogP) is 4.48. The van der Waals surface area contributed by atoms with Crippen molar-refractivity contribution in [2.75, 3.05) is 17.7 Å². The summed E-state index contributed by atoms with van der Waals surface area (Å²) in [5.41, 5.74) is 2.66. The van der Waals surface area contributed by atoms with Crippen LogP contribution in [-0.2, 0) is 6.54 Å². The van der Waals surface area contributed by atoms with Gasteiger partial charge in [-0.2, -0.15) is 8.78 Å². The zero-order valence-electron chi connectivity index (χ0n) is 22.7. The number of aromatic nitrogens is 6. The third-order valence-electron chi connectivity index (χ3n) is 7.17. The van der Waals surface area contributed by atoms with E-state index in [1.807, 2.05) is 48.5 Å². The number of rotatable bonds is 10. The maximum absolute atomic E-state index is 13.6. The van der Waals surface area contributed by atoms with Gasteiger partial charge in [0.1, 0.15) is 11.6 Å². The topological polar surface area (TPSA) is 121 Å². The molecule has 1 aliphatic carbocycles. The molecular formula is C29H28F2N8O3. The van der Waals surface area contributed by atoms with E-state index < -0.39 is 6.61 Å². The first kappa shape index (κ1) is 27.1. The Labute approximate surface area is 239 Å². The Balaban J connectivity index is 1.13. The van der Waals surface area contributed by atoms with Gasteiger partial charge in [-0.05, 0) is 61.2 Å². The molecule has 13 heteroatoms. The molecule has 0 saturated heterocycles. The van der Waals surface area contributed by atoms with Crippen LogP contribution in [0, 0.1) is 0 Å². The fourth-order valence-electron chi connectivity index (χ4n) is 5.18. The molecule has 1 aromatic carbocycles. The van der Waals surface area contributed by atoms with Crippen LogP contribution >= 0.6 is 0 Å². The average molecular weight is 575 g/mol. The number of anilines is 2. The lowest BCUT2D eigenvalue weighted by Gasteiger charge is -2.15. The van der Waals surface area contributed by atoms with E-state index in [-0.39, 0.29) is 23.5 Å². The first-order valence-electron chi connectivity index (χ1n) is 13.4. The Kier molecular flexibility index (Phi) is 7.62. The van der Waals surface area contributed by atoms with Crippen LogP contribution in [0.3, 0.4) is 0 Å². The minimum Gasteiger partial charge on any atom is -0.497 e. The molecule has 6 rings (SSSR count). The van der Waals surface area contributed by atoms with Crippen molar-refractivity contribution in [3.8, 4) is 17.2 Å². The Morgan fingerprint density at radius 1 is 0.929 bits per heavy atom. The summed E-state index contributed by atoms with van der Waals surface area (Å²) in [6.07, 6.45) is 8.34. The predicted molar refractivity (Wildman–Crippen MR) is 153 cm³/mol. The van der Waals surface area contributed by atoms with Gasteiger partial charge in [0.2, 0.25) is 5.95 Å². The highest BCUT2D eigenvalue weighted by Gasteiger charge is 2.25. The molecule has 1 aliphatic rings. The molecule has 216 valence electrons. The molecule has 2 N–H and O–H groups in total. The van der Waals surface area contributed by atoms with E-state index in [2.05, 4.69) is 35.3 Å². The number of fused-ring (bicyclic) bond motifs is 1. The molecule has 0 bridgehead atoms. The monoisotopic (exact) mass is 574 g/mol. The summed E-state index contributed by atoms with van der Waals surface area (Å²) in [5.74, 6) is 1.71. The highest BCUT2D eigenvalue weighted by molar-refractivity contribution is 5.73. The van der Waals surface area contributed by atoms with Gasteiger partial charge in [0.05, 0.1) is 43.4 Å². The smallest absolute Gasteiger partial charge is 0.387 e. The van der Waals surface area contributed by atoms with E-state index in [9.17, 15) is 13.6 Å². The van der Waals surface area contributed by atoms with Crippen molar-refractivity contribution in [3.63, 3.8) is 0 Å². The van der Waals surface area contributed by atoms with Gasteiger partial charge in [-0.3, -0.25) is 4.57 Å². The highest BCUT2D eigenvalue weighted by atomic mass is 19.3. The molecule has 0 aliphatic heterocycles. The van der Waals surface area contributed by atoms with Gasteiger partial charge in [0.15, 0.2) is 11.4 Å². The molecule has 0 spiro atoms. The third kappa shape index (κ3) is 5.85. The number of hydrogen-bond acceptors (Lipinski definition) is 9. The van der Waals surface area contributed by atoms with Crippen LogP contribution in [-0.4, -0.2) is 54.9 Å². The number of nitrogens with zero attached hydrogens (tertiary/aromatic N) is 6. The number of ether oxygens (including phenoxy) is 2. The number of benzene rings is 1. The number of imidazole rings is 1. The van der Waals surface area contributed by atoms with Crippen LogP contribution < -0.4 is 25.8 Å². The highest BCUT2D eigenvalue weighted by Crippen LogP contribution is 2.26. The Bertz CT molecular complexity index is 1710. The second-order valence-electron chi connectivity index (χ2n) is 9.92. The van der Waals surface area contributed by atoms with Crippen molar-refractivity contribution in [2.24, 2.45) is 0 Å². The summed E-state index contributed by atoms with van der Waals surface area (Å²) in [7, 11) is 1.62. The van der Waals surface area contributed by atoms with Gasteiger partial charge < -0.3 is 20.1 Å². The standard InChI is InChI=1S/C29H28F2N8O3/c1-41-22-9-4-18(5-10-22)17-38-24-3-2-12-32-26(24)39(29(38)40)21-8-11-25(33-14-21)36-19-6-7-20(13-19)37-28-34-15-23(16-35-28)42-27(30)31/h2-5,8-12,14-16,19-20,27H,6-7,13,17H2,1H3,(H,33,36)(H,34,35,37)/t19-,20-/m0/s1. The molecule has 0 unspecified atom stereocenters. The molecule has 1 fully saturated rings. The van der Waals surface area contributed by atoms with Gasteiger partial charge in [-0.15, -0.1) is 0 Å². The van der Waals surface area contributed by atoms with Crippen molar-refractivity contribution < 1.29 is 18.3 Å². The lowest BCUT2D eigenvalue weighted by atomic mass is 10.2. The summed E-state index contributed by atoms with van der Waals surface area (Å²) in [6.45, 7) is -2.53. The second-order valence-corrected chi connectivity index (χ2v) is 9.92. The van der Waals surface area contributed by atoms with Crippen molar-refractivity contribution >= 4 is 22.9 Å². The number of nitrogens with one attached hydrogen (secondary N) is 2. The van der Waals surface area contributed by atoms with Crippen LogP contribution in [0.2, 0.25) is 0 Å². The molecular weight excluding hydrogens is 546 g/mol. The number of hydrogen-bond donors (Lipinski definition) is 2. The van der Waals surface area contributed by atoms with Crippen LogP contribution in [0.25, 0.3) is 16.9 Å². The zero-order valence-corrected chi connectivity index (χ0v) is 22.7. The first-order valence-corrected chi connectivity index (χ1v) is 13.4. The van der Waals surface area contributed by atoms with E-state index in [0.29, 0.717) is 29.6 Å². The molecule has 0 radical (unpaired) electrons. The van der Waals surface area contributed by atoms with Gasteiger partial charge in [-0.25, -0.2) is 29.3 Å². The summed E-state index contributed by atoms with van der Waals surface area (Å²) in [6, 6.07) is 15.3. The minimum absolute atomic E-state index is 0.0871. The maximum atomic E-state index is 13.6. The Morgan fingerprint density at radius 3 is 2.38 bits per heavy atom. The normalized spacial score (nSPS) is 16.6. The van der Waals surface area contributed by atoms with Crippen molar-refractivity contribution in [3.05, 3.63) is 89.4 Å². The SMILES string of the molecule is COc1ccc(Cn2c(=O)n(-c3ccc(N[C@H]4CC[C@H](Nc5ncc(OC(F)F)cn5)C4)nc3)c3ncccc32)cc1. The molecule has 4 aromatic heterocycles. The zero-order chi connectivity index (χ0) is 29.1. The summed E-state index contributed by atoms with van der Waals surface area (Å²) in [5, 5.41) is 6.69. The lowest BCUT2D eigenvalue weighted by Crippen LogP contribution is -2.24. The van der Waals surface area contributed by atoms with Crippen LogP contribution in [0.4, 0.5) is 20.5 Å². The molecule has 42 heavy (non-hydrogen) atoms. The van der Waals surface area contributed by atoms with Crippen molar-refractivity contribution in [1.29, 1.82) is 0 Å². The van der Waals surface area contributed by atoms with Gasteiger partial charge in [-0.1, -0.05) is 12.1 Å². The second kappa shape index (κ2) is 11.8. The number of methoxy groups -OCH3 is 1. The van der Waals surface area contributed by atoms with Crippen molar-refractivity contribution in [1.82, 2.24) is 29.1 Å². The van der Waals surface area contributed by atoms with E-state index in [0.717, 1.165) is 36.1 Å². The summed E-state index contributed by atoms with van der Waals surface area (Å²) < 4.78 is 37.5. The average Bonchev–Trinajstić information content (AvgIpc) is 3.55.